The van der Waals surface area contributed by atoms with Gasteiger partial charge in [0.05, 0.1) is 14.2 Å². The number of halogens is 4. The minimum absolute atomic E-state index is 0. The van der Waals surface area contributed by atoms with Crippen LogP contribution in [0.3, 0.4) is 0 Å². The largest absolute Gasteiger partial charge is 0.497 e. The molecule has 2 N–H and O–H groups in total. The highest BCUT2D eigenvalue weighted by Gasteiger charge is 2.12. The summed E-state index contributed by atoms with van der Waals surface area (Å²) in [5.74, 6) is 1.73. The first-order valence-electron chi connectivity index (χ1n) is 8.35. The molecule has 0 aliphatic carbocycles. The van der Waals surface area contributed by atoms with E-state index < -0.39 is 6.61 Å². The van der Waals surface area contributed by atoms with Gasteiger partial charge in [-0.1, -0.05) is 17.7 Å². The van der Waals surface area contributed by atoms with Gasteiger partial charge in [0.2, 0.25) is 0 Å². The maximum absolute atomic E-state index is 12.6. The van der Waals surface area contributed by atoms with Gasteiger partial charge in [-0.25, -0.2) is 0 Å². The smallest absolute Gasteiger partial charge is 0.387 e. The number of benzene rings is 2. The van der Waals surface area contributed by atoms with Crippen LogP contribution in [0.25, 0.3) is 0 Å². The number of ether oxygens (including phenoxy) is 3. The molecule has 6 nitrogen and oxygen atoms in total. The van der Waals surface area contributed by atoms with Gasteiger partial charge in [0.15, 0.2) is 5.96 Å². The van der Waals surface area contributed by atoms with Crippen molar-refractivity contribution in [1.29, 1.82) is 0 Å². The molecule has 0 heterocycles. The molecular formula is C19H23ClF2IN3O3. The standard InChI is InChI=1S/C19H22ClF2N3O3.HI/c1-23-19(24-10-12-4-5-14(20)9-17(12)27-3)25-11-13-8-15(26-2)6-7-16(13)28-18(21)22;/h4-9,18H,10-11H2,1-3H3,(H2,23,24,25);1H. The van der Waals surface area contributed by atoms with E-state index in [4.69, 9.17) is 21.1 Å². The van der Waals surface area contributed by atoms with E-state index in [1.807, 2.05) is 6.07 Å². The second-order valence-electron chi connectivity index (χ2n) is 5.59. The zero-order chi connectivity index (χ0) is 20.5. The highest BCUT2D eigenvalue weighted by atomic mass is 127. The summed E-state index contributed by atoms with van der Waals surface area (Å²) < 4.78 is 40.3. The molecule has 2 rings (SSSR count). The number of methoxy groups -OCH3 is 2. The van der Waals surface area contributed by atoms with Gasteiger partial charge in [0, 0.05) is 36.3 Å². The van der Waals surface area contributed by atoms with Crippen molar-refractivity contribution < 1.29 is 23.0 Å². The summed E-state index contributed by atoms with van der Waals surface area (Å²) in [6, 6.07) is 9.95. The monoisotopic (exact) mass is 541 g/mol. The van der Waals surface area contributed by atoms with Crippen LogP contribution < -0.4 is 24.8 Å². The summed E-state index contributed by atoms with van der Waals surface area (Å²) in [6.45, 7) is -2.28. The number of aliphatic imine (C=N–C) groups is 1. The molecule has 0 atom stereocenters. The quantitative estimate of drug-likeness (QED) is 0.294. The fourth-order valence-electron chi connectivity index (χ4n) is 2.47. The SMILES string of the molecule is CN=C(NCc1ccc(Cl)cc1OC)NCc1cc(OC)ccc1OC(F)F.I. The van der Waals surface area contributed by atoms with Gasteiger partial charge in [-0.3, -0.25) is 4.99 Å². The average Bonchev–Trinajstić information content (AvgIpc) is 2.69. The number of nitrogens with zero attached hydrogens (tertiary/aromatic N) is 1. The van der Waals surface area contributed by atoms with Crippen molar-refractivity contribution in [2.24, 2.45) is 4.99 Å². The zero-order valence-corrected chi connectivity index (χ0v) is 19.3. The molecule has 0 aromatic heterocycles. The summed E-state index contributed by atoms with van der Waals surface area (Å²) in [5.41, 5.74) is 1.39. The van der Waals surface area contributed by atoms with Gasteiger partial charge in [0.1, 0.15) is 17.2 Å². The van der Waals surface area contributed by atoms with Crippen LogP contribution in [0.5, 0.6) is 17.2 Å². The van der Waals surface area contributed by atoms with E-state index in [1.54, 1.807) is 38.4 Å². The van der Waals surface area contributed by atoms with E-state index in [0.29, 0.717) is 34.6 Å². The van der Waals surface area contributed by atoms with E-state index in [0.717, 1.165) is 5.56 Å². The molecule has 0 bridgehead atoms. The van der Waals surface area contributed by atoms with Crippen LogP contribution in [-0.4, -0.2) is 33.8 Å². The lowest BCUT2D eigenvalue weighted by Gasteiger charge is -2.16. The minimum Gasteiger partial charge on any atom is -0.497 e. The molecule has 0 amide bonds. The van der Waals surface area contributed by atoms with E-state index in [1.165, 1.54) is 13.2 Å². The number of guanidine groups is 1. The van der Waals surface area contributed by atoms with E-state index in [2.05, 4.69) is 20.4 Å². The predicted octanol–water partition coefficient (Wildman–Crippen LogP) is 4.44. The molecule has 29 heavy (non-hydrogen) atoms. The Balaban J connectivity index is 0.00000420. The van der Waals surface area contributed by atoms with Gasteiger partial charge in [-0.15, -0.1) is 24.0 Å². The number of hydrogen-bond acceptors (Lipinski definition) is 4. The van der Waals surface area contributed by atoms with Crippen molar-refractivity contribution in [3.8, 4) is 17.2 Å². The number of nitrogens with one attached hydrogen (secondary N) is 2. The molecule has 10 heteroatoms. The Labute approximate surface area is 190 Å². The van der Waals surface area contributed by atoms with E-state index in [9.17, 15) is 8.78 Å². The van der Waals surface area contributed by atoms with E-state index >= 15 is 0 Å². The average molecular weight is 542 g/mol. The van der Waals surface area contributed by atoms with Crippen LogP contribution in [0.1, 0.15) is 11.1 Å². The third-order valence-electron chi connectivity index (χ3n) is 3.85. The molecule has 0 aliphatic heterocycles. The third kappa shape index (κ3) is 7.73. The predicted molar refractivity (Wildman–Crippen MR) is 120 cm³/mol. The van der Waals surface area contributed by atoms with Crippen molar-refractivity contribution >= 4 is 41.5 Å². The van der Waals surface area contributed by atoms with Crippen molar-refractivity contribution in [3.05, 3.63) is 52.5 Å². The minimum atomic E-state index is -2.91. The topological polar surface area (TPSA) is 64.1 Å². The number of rotatable bonds is 8. The molecular weight excluding hydrogens is 519 g/mol. The molecule has 0 aliphatic rings. The van der Waals surface area contributed by atoms with Crippen molar-refractivity contribution in [2.75, 3.05) is 21.3 Å². The Morgan fingerprint density at radius 3 is 2.28 bits per heavy atom. The fourth-order valence-corrected chi connectivity index (χ4v) is 2.64. The normalized spacial score (nSPS) is 10.9. The Kier molecular flexibility index (Phi) is 10.8. The van der Waals surface area contributed by atoms with Crippen LogP contribution in [0.15, 0.2) is 41.4 Å². The molecule has 160 valence electrons. The molecule has 0 saturated heterocycles. The Hall–Kier alpha value is -2.01. The molecule has 0 radical (unpaired) electrons. The summed E-state index contributed by atoms with van der Waals surface area (Å²) in [6.07, 6.45) is 0. The summed E-state index contributed by atoms with van der Waals surface area (Å²) in [4.78, 5) is 4.13. The molecule has 2 aromatic carbocycles. The number of hydrogen-bond donors (Lipinski definition) is 2. The van der Waals surface area contributed by atoms with Gasteiger partial charge in [-0.05, 0) is 30.3 Å². The third-order valence-corrected chi connectivity index (χ3v) is 4.08. The van der Waals surface area contributed by atoms with Crippen molar-refractivity contribution in [2.45, 2.75) is 19.7 Å². The molecule has 0 unspecified atom stereocenters. The first kappa shape index (κ1) is 25.0. The van der Waals surface area contributed by atoms with Crippen LogP contribution in [0, 0.1) is 0 Å². The number of alkyl halides is 2. The lowest BCUT2D eigenvalue weighted by atomic mass is 10.2. The highest BCUT2D eigenvalue weighted by Crippen LogP contribution is 2.26. The molecule has 0 saturated carbocycles. The van der Waals surface area contributed by atoms with Gasteiger partial charge >= 0.3 is 6.61 Å². The fraction of sp³-hybridized carbons (Fsp3) is 0.316. The van der Waals surface area contributed by atoms with Crippen LogP contribution in [0.2, 0.25) is 5.02 Å². The van der Waals surface area contributed by atoms with Crippen LogP contribution in [-0.2, 0) is 13.1 Å². The summed E-state index contributed by atoms with van der Waals surface area (Å²) in [5, 5.41) is 6.77. The lowest BCUT2D eigenvalue weighted by Crippen LogP contribution is -2.36. The maximum atomic E-state index is 12.6. The second-order valence-corrected chi connectivity index (χ2v) is 6.02. The summed E-state index contributed by atoms with van der Waals surface area (Å²) >= 11 is 5.97. The van der Waals surface area contributed by atoms with E-state index in [-0.39, 0.29) is 36.3 Å². The van der Waals surface area contributed by atoms with Gasteiger partial charge < -0.3 is 24.8 Å². The molecule has 0 fully saturated rings. The zero-order valence-electron chi connectivity index (χ0n) is 16.2. The lowest BCUT2D eigenvalue weighted by molar-refractivity contribution is -0.0504. The highest BCUT2D eigenvalue weighted by molar-refractivity contribution is 14.0. The van der Waals surface area contributed by atoms with Crippen molar-refractivity contribution in [3.63, 3.8) is 0 Å². The Morgan fingerprint density at radius 2 is 1.69 bits per heavy atom. The molecule has 2 aromatic rings. The Bertz CT molecular complexity index is 825. The van der Waals surface area contributed by atoms with Crippen molar-refractivity contribution in [1.82, 2.24) is 10.6 Å². The first-order valence-corrected chi connectivity index (χ1v) is 8.73. The van der Waals surface area contributed by atoms with Gasteiger partial charge in [0.25, 0.3) is 0 Å². The maximum Gasteiger partial charge on any atom is 0.387 e. The van der Waals surface area contributed by atoms with Crippen LogP contribution in [0.4, 0.5) is 8.78 Å². The summed E-state index contributed by atoms with van der Waals surface area (Å²) in [7, 11) is 4.67. The first-order chi connectivity index (χ1) is 13.5. The van der Waals surface area contributed by atoms with Crippen LogP contribution >= 0.6 is 35.6 Å². The second kappa shape index (κ2) is 12.5. The van der Waals surface area contributed by atoms with Gasteiger partial charge in [-0.2, -0.15) is 8.78 Å². The molecule has 0 spiro atoms. The Morgan fingerprint density at radius 1 is 1.00 bits per heavy atom.